The lowest BCUT2D eigenvalue weighted by Gasteiger charge is -2.34. The quantitative estimate of drug-likeness (QED) is 0.645. The van der Waals surface area contributed by atoms with Crippen LogP contribution >= 0.6 is 11.3 Å². The second-order valence-corrected chi connectivity index (χ2v) is 9.04. The van der Waals surface area contributed by atoms with E-state index in [-0.39, 0.29) is 23.8 Å². The Morgan fingerprint density at radius 2 is 1.96 bits per heavy atom. The molecule has 0 spiro atoms. The molecule has 2 aromatic rings. The average Bonchev–Trinajstić information content (AvgIpc) is 3.27. The van der Waals surface area contributed by atoms with Crippen LogP contribution in [0, 0.1) is 0 Å². The second kappa shape index (κ2) is 9.24. The molecule has 2 N–H and O–H groups in total. The number of thiophene rings is 1. The van der Waals surface area contributed by atoms with Gasteiger partial charge in [-0.3, -0.25) is 14.6 Å². The number of sulfonamides is 1. The molecule has 3 heterocycles. The molecule has 0 aromatic carbocycles. The number of amides is 2. The van der Waals surface area contributed by atoms with Gasteiger partial charge in [-0.25, -0.2) is 8.42 Å². The molecular formula is C17H20N4O5S2. The van der Waals surface area contributed by atoms with Gasteiger partial charge in [-0.15, -0.1) is 11.3 Å². The van der Waals surface area contributed by atoms with E-state index in [0.29, 0.717) is 13.0 Å². The van der Waals surface area contributed by atoms with Crippen LogP contribution in [0.1, 0.15) is 12.0 Å². The average molecular weight is 425 g/mol. The van der Waals surface area contributed by atoms with Gasteiger partial charge in [0.05, 0.1) is 13.2 Å². The smallest absolute Gasteiger partial charge is 0.309 e. The third-order valence-corrected chi connectivity index (χ3v) is 7.32. The summed E-state index contributed by atoms with van der Waals surface area (Å²) in [5.41, 5.74) is 0.806. The van der Waals surface area contributed by atoms with Gasteiger partial charge in [0.15, 0.2) is 0 Å². The molecule has 9 nitrogen and oxygen atoms in total. The lowest BCUT2D eigenvalue weighted by atomic mass is 10.3. The van der Waals surface area contributed by atoms with Gasteiger partial charge in [-0.05, 0) is 35.6 Å². The molecule has 0 unspecified atom stereocenters. The highest BCUT2D eigenvalue weighted by Crippen LogP contribution is 2.25. The molecule has 1 aliphatic rings. The van der Waals surface area contributed by atoms with Crippen LogP contribution in [0.2, 0.25) is 0 Å². The van der Waals surface area contributed by atoms with Crippen molar-refractivity contribution in [3.8, 4) is 0 Å². The number of hydrogen-bond donors (Lipinski definition) is 2. The summed E-state index contributed by atoms with van der Waals surface area (Å²) in [6.45, 7) is 0.736. The fourth-order valence-corrected chi connectivity index (χ4v) is 5.34. The van der Waals surface area contributed by atoms with E-state index in [1.165, 1.54) is 10.4 Å². The lowest BCUT2D eigenvalue weighted by Crippen LogP contribution is -2.52. The van der Waals surface area contributed by atoms with Crippen LogP contribution in [0.5, 0.6) is 0 Å². The molecule has 1 fully saturated rings. The van der Waals surface area contributed by atoms with E-state index >= 15 is 0 Å². The van der Waals surface area contributed by atoms with Crippen LogP contribution in [0.15, 0.2) is 46.2 Å². The molecule has 0 saturated carbocycles. The molecule has 0 bridgehead atoms. The first-order valence-corrected chi connectivity index (χ1v) is 10.9. The van der Waals surface area contributed by atoms with Gasteiger partial charge in [-0.2, -0.15) is 4.31 Å². The Morgan fingerprint density at radius 1 is 1.21 bits per heavy atom. The number of carbonyl (C=O) groups is 2. The van der Waals surface area contributed by atoms with Crippen LogP contribution in [0.3, 0.4) is 0 Å². The number of aromatic nitrogens is 1. The maximum absolute atomic E-state index is 12.8. The molecule has 2 amide bonds. The molecule has 28 heavy (non-hydrogen) atoms. The zero-order valence-electron chi connectivity index (χ0n) is 14.9. The minimum absolute atomic E-state index is 0.119. The van der Waals surface area contributed by atoms with Crippen LogP contribution < -0.4 is 10.6 Å². The highest BCUT2D eigenvalue weighted by Gasteiger charge is 2.35. The normalized spacial score (nSPS) is 17.8. The SMILES string of the molecule is O=C(NCc1ccncc1)C(=O)NC[C@@H]1OCCCN1S(=O)(=O)c1cccs1. The molecule has 11 heteroatoms. The molecule has 3 rings (SSSR count). The first kappa shape index (κ1) is 20.4. The van der Waals surface area contributed by atoms with Crippen molar-refractivity contribution in [3.05, 3.63) is 47.6 Å². The van der Waals surface area contributed by atoms with Crippen LogP contribution in [0.4, 0.5) is 0 Å². The van der Waals surface area contributed by atoms with Crippen LogP contribution in [0.25, 0.3) is 0 Å². The Balaban J connectivity index is 1.55. The van der Waals surface area contributed by atoms with Gasteiger partial charge in [-0.1, -0.05) is 6.07 Å². The van der Waals surface area contributed by atoms with Gasteiger partial charge >= 0.3 is 11.8 Å². The molecule has 2 aromatic heterocycles. The summed E-state index contributed by atoms with van der Waals surface area (Å²) >= 11 is 1.12. The number of nitrogens with one attached hydrogen (secondary N) is 2. The van der Waals surface area contributed by atoms with Gasteiger partial charge in [0, 0.05) is 25.5 Å². The van der Waals surface area contributed by atoms with Crippen LogP contribution in [-0.2, 0) is 30.9 Å². The predicted molar refractivity (Wildman–Crippen MR) is 102 cm³/mol. The number of ether oxygens (including phenoxy) is 1. The Kier molecular flexibility index (Phi) is 6.73. The summed E-state index contributed by atoms with van der Waals surface area (Å²) in [6.07, 6.45) is 2.87. The number of carbonyl (C=O) groups excluding carboxylic acids is 2. The zero-order valence-corrected chi connectivity index (χ0v) is 16.5. The maximum atomic E-state index is 12.8. The minimum Gasteiger partial charge on any atom is -0.360 e. The van der Waals surface area contributed by atoms with E-state index in [0.717, 1.165) is 16.9 Å². The standard InChI is InChI=1S/C17H20N4O5S2/c22-16(19-11-13-4-6-18-7-5-13)17(23)20-12-14-21(8-2-9-26-14)28(24,25)15-3-1-10-27-15/h1,3-7,10,14H,2,8-9,11-12H2,(H,19,22)(H,20,23)/t14-/m0/s1. The van der Waals surface area contributed by atoms with Crippen molar-refractivity contribution in [2.75, 3.05) is 19.7 Å². The van der Waals surface area contributed by atoms with E-state index in [1.54, 1.807) is 36.0 Å². The van der Waals surface area contributed by atoms with Gasteiger partial charge in [0.1, 0.15) is 10.4 Å². The molecule has 1 atom stereocenters. The predicted octanol–water partition coefficient (Wildman–Crippen LogP) is 0.313. The second-order valence-electron chi connectivity index (χ2n) is 5.98. The molecular weight excluding hydrogens is 404 g/mol. The summed E-state index contributed by atoms with van der Waals surface area (Å²) < 4.78 is 32.5. The number of nitrogens with zero attached hydrogens (tertiary/aromatic N) is 2. The summed E-state index contributed by atoms with van der Waals surface area (Å²) in [4.78, 5) is 27.9. The molecule has 1 aliphatic heterocycles. The zero-order chi connectivity index (χ0) is 20.0. The lowest BCUT2D eigenvalue weighted by molar-refractivity contribution is -0.140. The van der Waals surface area contributed by atoms with Crippen molar-refractivity contribution < 1.29 is 22.7 Å². The van der Waals surface area contributed by atoms with Crippen molar-refractivity contribution in [1.29, 1.82) is 0 Å². The topological polar surface area (TPSA) is 118 Å². The van der Waals surface area contributed by atoms with Crippen molar-refractivity contribution in [2.45, 2.75) is 23.4 Å². The first-order chi connectivity index (χ1) is 13.5. The number of pyridine rings is 1. The van der Waals surface area contributed by atoms with E-state index in [9.17, 15) is 18.0 Å². The van der Waals surface area contributed by atoms with Gasteiger partial charge < -0.3 is 15.4 Å². The van der Waals surface area contributed by atoms with E-state index in [2.05, 4.69) is 15.6 Å². The maximum Gasteiger partial charge on any atom is 0.309 e. The van der Waals surface area contributed by atoms with Crippen molar-refractivity contribution in [1.82, 2.24) is 19.9 Å². The first-order valence-electron chi connectivity index (χ1n) is 8.60. The fraction of sp³-hybridized carbons (Fsp3) is 0.353. The van der Waals surface area contributed by atoms with Gasteiger partial charge in [0.25, 0.3) is 10.0 Å². The van der Waals surface area contributed by atoms with Crippen molar-refractivity contribution in [2.24, 2.45) is 0 Å². The van der Waals surface area contributed by atoms with E-state index in [4.69, 9.17) is 4.74 Å². The molecule has 150 valence electrons. The molecule has 1 saturated heterocycles. The summed E-state index contributed by atoms with van der Waals surface area (Å²) in [5, 5.41) is 6.63. The Morgan fingerprint density at radius 3 is 2.68 bits per heavy atom. The van der Waals surface area contributed by atoms with Crippen LogP contribution in [-0.4, -0.2) is 55.4 Å². The van der Waals surface area contributed by atoms with Gasteiger partial charge in [0.2, 0.25) is 0 Å². The third kappa shape index (κ3) is 4.93. The molecule has 0 aliphatic carbocycles. The summed E-state index contributed by atoms with van der Waals surface area (Å²) in [7, 11) is -3.71. The number of rotatable bonds is 6. The Hall–Kier alpha value is -2.34. The van der Waals surface area contributed by atoms with E-state index in [1.807, 2.05) is 0 Å². The molecule has 0 radical (unpaired) electrons. The Bertz CT molecular complexity index is 903. The van der Waals surface area contributed by atoms with E-state index < -0.39 is 28.1 Å². The number of hydrogen-bond acceptors (Lipinski definition) is 7. The minimum atomic E-state index is -3.71. The summed E-state index contributed by atoms with van der Waals surface area (Å²) in [5.74, 6) is -1.66. The fourth-order valence-electron chi connectivity index (χ4n) is 2.65. The summed E-state index contributed by atoms with van der Waals surface area (Å²) in [6, 6.07) is 6.63. The third-order valence-electron chi connectivity index (χ3n) is 4.06. The highest BCUT2D eigenvalue weighted by atomic mass is 32.2. The monoisotopic (exact) mass is 424 g/mol. The Labute approximate surface area is 166 Å². The van der Waals surface area contributed by atoms with Crippen molar-refractivity contribution in [3.63, 3.8) is 0 Å². The highest BCUT2D eigenvalue weighted by molar-refractivity contribution is 7.91. The largest absolute Gasteiger partial charge is 0.360 e. The van der Waals surface area contributed by atoms with Crippen molar-refractivity contribution >= 4 is 33.2 Å².